The molecule has 37 heavy (non-hydrogen) atoms. The third kappa shape index (κ3) is 3.93. The van der Waals surface area contributed by atoms with E-state index in [9.17, 15) is 8.78 Å². The van der Waals surface area contributed by atoms with Crippen LogP contribution in [0.2, 0.25) is 19.6 Å². The van der Waals surface area contributed by atoms with Gasteiger partial charge in [0.15, 0.2) is 0 Å². The minimum absolute atomic E-state index is 0.105. The third-order valence-corrected chi connectivity index (χ3v) is 10.9. The average molecular weight is 529 g/mol. The Bertz CT molecular complexity index is 1680. The van der Waals surface area contributed by atoms with Crippen LogP contribution in [0.4, 0.5) is 8.78 Å². The molecule has 6 rings (SSSR count). The number of thiophene rings is 1. The number of halogens is 2. The van der Waals surface area contributed by atoms with E-state index in [1.54, 1.807) is 17.7 Å². The summed E-state index contributed by atoms with van der Waals surface area (Å²) in [6, 6.07) is 19.5. The molecule has 2 aromatic heterocycles. The Labute approximate surface area is 221 Å². The van der Waals surface area contributed by atoms with E-state index in [4.69, 9.17) is 9.97 Å². The van der Waals surface area contributed by atoms with Crippen molar-refractivity contribution >= 4 is 45.6 Å². The smallest absolute Gasteiger partial charge is 0.235 e. The van der Waals surface area contributed by atoms with Crippen molar-refractivity contribution in [2.24, 2.45) is 0 Å². The summed E-state index contributed by atoms with van der Waals surface area (Å²) in [5.41, 5.74) is 7.46. The van der Waals surface area contributed by atoms with Crippen LogP contribution in [0.1, 0.15) is 37.0 Å². The number of aromatic nitrogens is 2. The SMILES string of the molecule is CC1(C)c2cc(CCC(F)F)ccc2-c2sc3c(-c4cc([Si](C)(C)C)c5ccccc5c4)ncnc3c21. The molecular weight excluding hydrogens is 499 g/mol. The molecule has 0 bridgehead atoms. The van der Waals surface area contributed by atoms with Crippen LogP contribution in [0, 0.1) is 0 Å². The van der Waals surface area contributed by atoms with Gasteiger partial charge in [-0.25, -0.2) is 18.7 Å². The second-order valence-electron chi connectivity index (χ2n) is 11.6. The first kappa shape index (κ1) is 24.4. The fraction of sp³-hybridized carbons (Fsp3) is 0.290. The van der Waals surface area contributed by atoms with E-state index in [0.717, 1.165) is 27.0 Å². The van der Waals surface area contributed by atoms with E-state index in [0.29, 0.717) is 6.42 Å². The van der Waals surface area contributed by atoms with Crippen LogP contribution in [0.15, 0.2) is 60.9 Å². The molecule has 0 spiro atoms. The highest BCUT2D eigenvalue weighted by atomic mass is 32.1. The Morgan fingerprint density at radius 3 is 2.51 bits per heavy atom. The van der Waals surface area contributed by atoms with Crippen molar-refractivity contribution in [3.63, 3.8) is 0 Å². The number of nitrogens with zero attached hydrogens (tertiary/aromatic N) is 2. The van der Waals surface area contributed by atoms with Crippen molar-refractivity contribution in [1.82, 2.24) is 9.97 Å². The summed E-state index contributed by atoms with van der Waals surface area (Å²) in [6.45, 7) is 11.6. The molecule has 0 saturated heterocycles. The lowest BCUT2D eigenvalue weighted by Gasteiger charge is -2.22. The number of benzene rings is 3. The normalized spacial score (nSPS) is 14.5. The standard InChI is InChI=1S/C31H30F2N2SSi/c1-31(2)23-14-18(11-13-25(32)33)10-12-22(23)29-26(31)28-30(36-29)27(34-17-35-28)20-15-19-8-6-7-9-21(19)24(16-20)37(3,4)5/h6-10,12,14-17,25H,11,13H2,1-5H3. The molecule has 0 fully saturated rings. The van der Waals surface area contributed by atoms with E-state index in [1.807, 2.05) is 6.07 Å². The average Bonchev–Trinajstić information content (AvgIpc) is 3.35. The molecule has 2 heterocycles. The van der Waals surface area contributed by atoms with Gasteiger partial charge in [0.25, 0.3) is 0 Å². The molecule has 1 aliphatic carbocycles. The summed E-state index contributed by atoms with van der Waals surface area (Å²) in [4.78, 5) is 10.8. The van der Waals surface area contributed by atoms with Crippen LogP contribution in [-0.4, -0.2) is 24.5 Å². The molecule has 1 aliphatic rings. The fourth-order valence-electron chi connectivity index (χ4n) is 5.82. The van der Waals surface area contributed by atoms with Crippen LogP contribution in [0.3, 0.4) is 0 Å². The molecule has 0 radical (unpaired) electrons. The first-order valence-electron chi connectivity index (χ1n) is 12.8. The molecule has 0 saturated carbocycles. The molecular formula is C31H30F2N2SSi. The number of aryl methyl sites for hydroxylation is 1. The lowest BCUT2D eigenvalue weighted by Crippen LogP contribution is -2.38. The van der Waals surface area contributed by atoms with Crippen LogP contribution in [-0.2, 0) is 11.8 Å². The van der Waals surface area contributed by atoms with Gasteiger partial charge < -0.3 is 0 Å². The summed E-state index contributed by atoms with van der Waals surface area (Å²) in [5.74, 6) is 0. The number of rotatable bonds is 5. The summed E-state index contributed by atoms with van der Waals surface area (Å²) < 4.78 is 26.8. The molecule has 2 nitrogen and oxygen atoms in total. The lowest BCUT2D eigenvalue weighted by atomic mass is 9.81. The summed E-state index contributed by atoms with van der Waals surface area (Å²) in [7, 11) is -1.61. The van der Waals surface area contributed by atoms with Crippen molar-refractivity contribution in [2.75, 3.05) is 0 Å². The summed E-state index contributed by atoms with van der Waals surface area (Å²) in [5, 5.41) is 4.02. The zero-order valence-electron chi connectivity index (χ0n) is 21.8. The molecule has 0 atom stereocenters. The maximum Gasteiger partial charge on any atom is 0.239 e. The van der Waals surface area contributed by atoms with Crippen molar-refractivity contribution in [3.05, 3.63) is 77.6 Å². The summed E-state index contributed by atoms with van der Waals surface area (Å²) >= 11 is 1.76. The van der Waals surface area contributed by atoms with Gasteiger partial charge in [-0.05, 0) is 39.9 Å². The molecule has 3 aromatic carbocycles. The maximum atomic E-state index is 12.8. The van der Waals surface area contributed by atoms with Gasteiger partial charge in [0, 0.05) is 27.8 Å². The first-order valence-corrected chi connectivity index (χ1v) is 17.1. The predicted molar refractivity (Wildman–Crippen MR) is 155 cm³/mol. The van der Waals surface area contributed by atoms with Gasteiger partial charge in [-0.3, -0.25) is 0 Å². The molecule has 0 amide bonds. The second kappa shape index (κ2) is 8.53. The number of hydrogen-bond donors (Lipinski definition) is 0. The summed E-state index contributed by atoms with van der Waals surface area (Å²) in [6.07, 6.45) is -0.297. The van der Waals surface area contributed by atoms with Gasteiger partial charge in [0.1, 0.15) is 6.33 Å². The molecule has 6 heteroatoms. The predicted octanol–water partition coefficient (Wildman–Crippen LogP) is 8.56. The monoisotopic (exact) mass is 528 g/mol. The van der Waals surface area contributed by atoms with E-state index in [2.05, 4.69) is 82.0 Å². The van der Waals surface area contributed by atoms with E-state index in [1.165, 1.54) is 37.5 Å². The van der Waals surface area contributed by atoms with Crippen LogP contribution < -0.4 is 5.19 Å². The molecule has 5 aromatic rings. The zero-order chi connectivity index (χ0) is 26.1. The van der Waals surface area contributed by atoms with E-state index in [-0.39, 0.29) is 11.8 Å². The molecule has 188 valence electrons. The van der Waals surface area contributed by atoms with Crippen molar-refractivity contribution in [2.45, 2.75) is 58.2 Å². The Kier molecular flexibility index (Phi) is 5.62. The van der Waals surface area contributed by atoms with Gasteiger partial charge in [0.2, 0.25) is 6.43 Å². The van der Waals surface area contributed by atoms with Gasteiger partial charge >= 0.3 is 0 Å². The molecule has 0 N–H and O–H groups in total. The third-order valence-electron chi connectivity index (χ3n) is 7.69. The van der Waals surface area contributed by atoms with Gasteiger partial charge in [-0.15, -0.1) is 11.3 Å². The van der Waals surface area contributed by atoms with Crippen LogP contribution in [0.5, 0.6) is 0 Å². The van der Waals surface area contributed by atoms with E-state index < -0.39 is 14.5 Å². The topological polar surface area (TPSA) is 25.8 Å². The van der Waals surface area contributed by atoms with Crippen molar-refractivity contribution in [3.8, 4) is 21.7 Å². The Morgan fingerprint density at radius 1 is 0.973 bits per heavy atom. The highest BCUT2D eigenvalue weighted by molar-refractivity contribution is 7.23. The number of hydrogen-bond acceptors (Lipinski definition) is 3. The van der Waals surface area contributed by atoms with Gasteiger partial charge in [-0.1, -0.05) is 87.2 Å². The molecule has 0 unspecified atom stereocenters. The minimum atomic E-state index is -2.28. The van der Waals surface area contributed by atoms with Gasteiger partial charge in [-0.2, -0.15) is 0 Å². The zero-order valence-corrected chi connectivity index (χ0v) is 23.6. The van der Waals surface area contributed by atoms with E-state index >= 15 is 0 Å². The number of alkyl halides is 2. The fourth-order valence-corrected chi connectivity index (χ4v) is 8.91. The Balaban J connectivity index is 1.54. The lowest BCUT2D eigenvalue weighted by molar-refractivity contribution is 0.138. The van der Waals surface area contributed by atoms with Crippen LogP contribution in [0.25, 0.3) is 42.7 Å². The largest absolute Gasteiger partial charge is 0.239 e. The Morgan fingerprint density at radius 2 is 1.76 bits per heavy atom. The highest BCUT2D eigenvalue weighted by Gasteiger charge is 2.40. The van der Waals surface area contributed by atoms with Crippen molar-refractivity contribution in [1.29, 1.82) is 0 Å². The van der Waals surface area contributed by atoms with Gasteiger partial charge in [0.05, 0.1) is 24.0 Å². The second-order valence-corrected chi connectivity index (χ2v) is 17.7. The molecule has 0 aliphatic heterocycles. The Hall–Kier alpha value is -2.96. The maximum absolute atomic E-state index is 12.8. The number of fused-ring (bicyclic) bond motifs is 6. The quantitative estimate of drug-likeness (QED) is 0.214. The van der Waals surface area contributed by atoms with Crippen molar-refractivity contribution < 1.29 is 8.78 Å². The first-order chi connectivity index (χ1) is 17.6. The minimum Gasteiger partial charge on any atom is -0.235 e. The van der Waals surface area contributed by atoms with Crippen LogP contribution >= 0.6 is 11.3 Å². The highest BCUT2D eigenvalue weighted by Crippen LogP contribution is 2.56.